The molecule has 14 heavy (non-hydrogen) atoms. The summed E-state index contributed by atoms with van der Waals surface area (Å²) in [6.45, 7) is 4.20. The van der Waals surface area contributed by atoms with Gasteiger partial charge in [-0.25, -0.2) is 0 Å². The van der Waals surface area contributed by atoms with Gasteiger partial charge in [-0.1, -0.05) is 0 Å². The molecule has 0 amide bonds. The van der Waals surface area contributed by atoms with E-state index in [1.54, 1.807) is 6.07 Å². The van der Waals surface area contributed by atoms with Crippen LogP contribution in [-0.4, -0.2) is 12.2 Å². The molecule has 0 aliphatic carbocycles. The standard InChI is InChI=1S/C9H10BrNO3/c1-9(2)5-13-8-7(14-9)3-6(10)4-11(8)12/h3-4H,5H2,1-2H3. The minimum absolute atomic E-state index is 0.229. The lowest BCUT2D eigenvalue weighted by atomic mass is 10.1. The summed E-state index contributed by atoms with van der Waals surface area (Å²) in [7, 11) is 0. The van der Waals surface area contributed by atoms with Crippen LogP contribution in [0.3, 0.4) is 0 Å². The van der Waals surface area contributed by atoms with Crippen molar-refractivity contribution in [3.8, 4) is 11.6 Å². The molecule has 0 fully saturated rings. The third-order valence-corrected chi connectivity index (χ3v) is 2.30. The van der Waals surface area contributed by atoms with Gasteiger partial charge in [-0.05, 0) is 29.8 Å². The van der Waals surface area contributed by atoms with Crippen molar-refractivity contribution < 1.29 is 14.2 Å². The van der Waals surface area contributed by atoms with Gasteiger partial charge in [0.25, 0.3) is 0 Å². The molecule has 0 radical (unpaired) electrons. The van der Waals surface area contributed by atoms with Gasteiger partial charge >= 0.3 is 5.88 Å². The lowest BCUT2D eigenvalue weighted by molar-refractivity contribution is -0.615. The van der Waals surface area contributed by atoms with Crippen molar-refractivity contribution in [1.82, 2.24) is 0 Å². The first-order chi connectivity index (χ1) is 6.48. The molecule has 2 rings (SSSR count). The average molecular weight is 260 g/mol. The maximum atomic E-state index is 11.4. The largest absolute Gasteiger partial charge is 0.616 e. The Balaban J connectivity index is 2.47. The summed E-state index contributed by atoms with van der Waals surface area (Å²) in [6, 6.07) is 1.73. The van der Waals surface area contributed by atoms with E-state index >= 15 is 0 Å². The van der Waals surface area contributed by atoms with Gasteiger partial charge in [0.1, 0.15) is 12.2 Å². The van der Waals surface area contributed by atoms with E-state index in [-0.39, 0.29) is 11.5 Å². The Labute approximate surface area is 90.2 Å². The number of rotatable bonds is 0. The fourth-order valence-corrected chi connectivity index (χ4v) is 1.67. The minimum Gasteiger partial charge on any atom is -0.616 e. The van der Waals surface area contributed by atoms with E-state index in [0.717, 1.165) is 0 Å². The van der Waals surface area contributed by atoms with Crippen LogP contribution in [0.25, 0.3) is 0 Å². The summed E-state index contributed by atoms with van der Waals surface area (Å²) in [5.74, 6) is 0.707. The normalized spacial score (nSPS) is 17.9. The van der Waals surface area contributed by atoms with Gasteiger partial charge in [0.2, 0.25) is 5.75 Å². The third kappa shape index (κ3) is 1.64. The van der Waals surface area contributed by atoms with Crippen LogP contribution in [0, 0.1) is 5.21 Å². The van der Waals surface area contributed by atoms with Crippen LogP contribution in [-0.2, 0) is 0 Å². The molecule has 4 nitrogen and oxygen atoms in total. The zero-order valence-electron chi connectivity index (χ0n) is 7.91. The SMILES string of the molecule is CC1(C)COc2c(cc(Br)c[n+]2[O-])O1. The molecule has 0 unspecified atom stereocenters. The minimum atomic E-state index is -0.388. The fraction of sp³-hybridized carbons (Fsp3) is 0.444. The molecular formula is C9H10BrNO3. The molecule has 1 aromatic heterocycles. The van der Waals surface area contributed by atoms with Crippen LogP contribution in [0.15, 0.2) is 16.7 Å². The summed E-state index contributed by atoms with van der Waals surface area (Å²) in [4.78, 5) is 0. The van der Waals surface area contributed by atoms with Gasteiger partial charge in [0.05, 0.1) is 4.47 Å². The molecule has 0 atom stereocenters. The van der Waals surface area contributed by atoms with Gasteiger partial charge in [-0.2, -0.15) is 0 Å². The quantitative estimate of drug-likeness (QED) is 0.526. The molecule has 0 saturated heterocycles. The van der Waals surface area contributed by atoms with Gasteiger partial charge in [-0.3, -0.25) is 0 Å². The molecule has 0 spiro atoms. The van der Waals surface area contributed by atoms with Crippen LogP contribution in [0.1, 0.15) is 13.8 Å². The Hall–Kier alpha value is -0.970. The molecule has 0 bridgehead atoms. The molecule has 0 aromatic carbocycles. The number of hydrogen-bond acceptors (Lipinski definition) is 3. The van der Waals surface area contributed by atoms with Crippen molar-refractivity contribution in [3.05, 3.63) is 21.9 Å². The van der Waals surface area contributed by atoms with Crippen LogP contribution in [0.2, 0.25) is 0 Å². The number of halogens is 1. The first-order valence-electron chi connectivity index (χ1n) is 4.22. The van der Waals surface area contributed by atoms with Crippen LogP contribution in [0.4, 0.5) is 0 Å². The van der Waals surface area contributed by atoms with Gasteiger partial charge in [-0.15, -0.1) is 4.73 Å². The second-order valence-corrected chi connectivity index (χ2v) is 4.72. The van der Waals surface area contributed by atoms with Crippen molar-refractivity contribution in [2.75, 3.05) is 6.61 Å². The molecule has 1 aromatic rings. The van der Waals surface area contributed by atoms with E-state index in [2.05, 4.69) is 15.9 Å². The van der Waals surface area contributed by atoms with E-state index in [1.807, 2.05) is 13.8 Å². The topological polar surface area (TPSA) is 45.4 Å². The molecular weight excluding hydrogens is 250 g/mol. The summed E-state index contributed by atoms with van der Waals surface area (Å²) < 4.78 is 12.3. The van der Waals surface area contributed by atoms with Gasteiger partial charge in [0.15, 0.2) is 6.20 Å². The molecule has 5 heteroatoms. The zero-order chi connectivity index (χ0) is 10.3. The molecule has 0 N–H and O–H groups in total. The maximum absolute atomic E-state index is 11.4. The molecule has 1 aliphatic heterocycles. The van der Waals surface area contributed by atoms with Crippen LogP contribution in [0.5, 0.6) is 11.6 Å². The first-order valence-corrected chi connectivity index (χ1v) is 5.02. The molecule has 1 aliphatic rings. The Morgan fingerprint density at radius 3 is 3.00 bits per heavy atom. The maximum Gasteiger partial charge on any atom is 0.423 e. The molecule has 2 heterocycles. The highest BCUT2D eigenvalue weighted by atomic mass is 79.9. The van der Waals surface area contributed by atoms with Crippen molar-refractivity contribution in [2.45, 2.75) is 19.4 Å². The Morgan fingerprint density at radius 1 is 1.57 bits per heavy atom. The molecule has 76 valence electrons. The fourth-order valence-electron chi connectivity index (χ4n) is 1.28. The predicted molar refractivity (Wildman–Crippen MR) is 53.3 cm³/mol. The first kappa shape index (κ1) is 9.58. The number of aromatic nitrogens is 1. The Kier molecular flexibility index (Phi) is 2.06. The number of pyridine rings is 1. The van der Waals surface area contributed by atoms with Crippen molar-refractivity contribution >= 4 is 15.9 Å². The highest BCUT2D eigenvalue weighted by molar-refractivity contribution is 9.10. The average Bonchev–Trinajstić information content (AvgIpc) is 2.00. The smallest absolute Gasteiger partial charge is 0.423 e. The van der Waals surface area contributed by atoms with E-state index in [4.69, 9.17) is 9.47 Å². The predicted octanol–water partition coefficient (Wildman–Crippen LogP) is 1.63. The van der Waals surface area contributed by atoms with Gasteiger partial charge in [0, 0.05) is 6.07 Å². The van der Waals surface area contributed by atoms with E-state index in [0.29, 0.717) is 21.6 Å². The number of ether oxygens (including phenoxy) is 2. The number of fused-ring (bicyclic) bond motifs is 1. The summed E-state index contributed by atoms with van der Waals surface area (Å²) >= 11 is 3.22. The lowest BCUT2D eigenvalue weighted by Crippen LogP contribution is -2.43. The molecule has 0 saturated carbocycles. The van der Waals surface area contributed by atoms with Gasteiger partial charge < -0.3 is 14.7 Å². The highest BCUT2D eigenvalue weighted by Crippen LogP contribution is 2.33. The van der Waals surface area contributed by atoms with Crippen LogP contribution >= 0.6 is 15.9 Å². The Bertz CT molecular complexity index is 379. The lowest BCUT2D eigenvalue weighted by Gasteiger charge is -2.30. The van der Waals surface area contributed by atoms with Crippen molar-refractivity contribution in [1.29, 1.82) is 0 Å². The zero-order valence-corrected chi connectivity index (χ0v) is 9.50. The van der Waals surface area contributed by atoms with Crippen LogP contribution < -0.4 is 14.2 Å². The summed E-state index contributed by atoms with van der Waals surface area (Å²) in [5.41, 5.74) is -0.388. The second-order valence-electron chi connectivity index (χ2n) is 3.80. The van der Waals surface area contributed by atoms with Crippen molar-refractivity contribution in [3.63, 3.8) is 0 Å². The third-order valence-electron chi connectivity index (χ3n) is 1.86. The van der Waals surface area contributed by atoms with E-state index < -0.39 is 0 Å². The second kappa shape index (κ2) is 3.02. The number of nitrogens with zero attached hydrogens (tertiary/aromatic N) is 1. The monoisotopic (exact) mass is 259 g/mol. The summed E-state index contributed by atoms with van der Waals surface area (Å²) in [5, 5.41) is 11.4. The number of hydrogen-bond donors (Lipinski definition) is 0. The van der Waals surface area contributed by atoms with E-state index in [1.165, 1.54) is 6.20 Å². The van der Waals surface area contributed by atoms with Crippen molar-refractivity contribution in [2.24, 2.45) is 0 Å². The van der Waals surface area contributed by atoms with E-state index in [9.17, 15) is 5.21 Å². The Morgan fingerprint density at radius 2 is 2.29 bits per heavy atom. The highest BCUT2D eigenvalue weighted by Gasteiger charge is 2.33. The summed E-state index contributed by atoms with van der Waals surface area (Å²) in [6.07, 6.45) is 1.39.